The van der Waals surface area contributed by atoms with Gasteiger partial charge in [-0.3, -0.25) is 0 Å². The van der Waals surface area contributed by atoms with Crippen LogP contribution < -0.4 is 20.1 Å². The predicted octanol–water partition coefficient (Wildman–Crippen LogP) is 3.66. The van der Waals surface area contributed by atoms with Crippen molar-refractivity contribution >= 4 is 17.4 Å². The number of carbonyl (C=O) groups excluding carboxylic acids is 1. The minimum Gasteiger partial charge on any atom is -0.485 e. The lowest BCUT2D eigenvalue weighted by Crippen LogP contribution is -2.64. The van der Waals surface area contributed by atoms with Gasteiger partial charge in [0, 0.05) is 10.8 Å². The number of amides is 2. The fourth-order valence-electron chi connectivity index (χ4n) is 1.94. The summed E-state index contributed by atoms with van der Waals surface area (Å²) in [7, 11) is 0. The van der Waals surface area contributed by atoms with Crippen molar-refractivity contribution in [3.63, 3.8) is 0 Å². The predicted molar refractivity (Wildman–Crippen MR) is 76.5 cm³/mol. The third-order valence-electron chi connectivity index (χ3n) is 3.48. The summed E-state index contributed by atoms with van der Waals surface area (Å²) < 4.78 is 125. The molecular formula is C13H11F9N2O3S. The monoisotopic (exact) mass is 446 g/mol. The van der Waals surface area contributed by atoms with Crippen LogP contribution in [-0.4, -0.2) is 55.8 Å². The summed E-state index contributed by atoms with van der Waals surface area (Å²) >= 11 is 1.25. The molecule has 0 aromatic carbocycles. The highest BCUT2D eigenvalue weighted by atomic mass is 32.1. The summed E-state index contributed by atoms with van der Waals surface area (Å²) in [6, 6.07) is -1.51. The van der Waals surface area contributed by atoms with E-state index in [1.807, 2.05) is 5.32 Å². The smallest absolute Gasteiger partial charge is 0.460 e. The summed E-state index contributed by atoms with van der Waals surface area (Å²) in [4.78, 5) is 11.4. The lowest BCUT2D eigenvalue weighted by Gasteiger charge is -2.33. The molecule has 5 nitrogen and oxygen atoms in total. The second-order valence-electron chi connectivity index (χ2n) is 5.57. The third kappa shape index (κ3) is 4.17. The summed E-state index contributed by atoms with van der Waals surface area (Å²) in [6.45, 7) is -2.86. The number of ether oxygens (including phenoxy) is 2. The van der Waals surface area contributed by atoms with Crippen molar-refractivity contribution in [2.24, 2.45) is 0 Å². The van der Waals surface area contributed by atoms with Crippen LogP contribution in [0.1, 0.15) is 0 Å². The van der Waals surface area contributed by atoms with Gasteiger partial charge in [-0.05, 0) is 0 Å². The maximum atomic E-state index is 13.3. The number of rotatable bonds is 6. The molecule has 2 N–H and O–H groups in total. The van der Waals surface area contributed by atoms with Crippen LogP contribution >= 0.6 is 11.3 Å². The molecule has 0 bridgehead atoms. The van der Waals surface area contributed by atoms with E-state index >= 15 is 0 Å². The number of alkyl halides is 9. The lowest BCUT2D eigenvalue weighted by molar-refractivity contribution is -0.394. The minimum atomic E-state index is -7.01. The summed E-state index contributed by atoms with van der Waals surface area (Å²) in [5, 5.41) is 6.26. The summed E-state index contributed by atoms with van der Waals surface area (Å²) in [5.41, 5.74) is 0. The fourth-order valence-corrected chi connectivity index (χ4v) is 2.61. The van der Waals surface area contributed by atoms with Crippen LogP contribution in [0.15, 0.2) is 10.8 Å². The van der Waals surface area contributed by atoms with Gasteiger partial charge in [-0.2, -0.15) is 39.5 Å². The van der Waals surface area contributed by atoms with Crippen LogP contribution in [0.4, 0.5) is 44.3 Å². The first-order chi connectivity index (χ1) is 12.7. The molecule has 2 heterocycles. The van der Waals surface area contributed by atoms with Crippen molar-refractivity contribution in [2.45, 2.75) is 30.0 Å². The molecule has 2 rings (SSSR count). The van der Waals surface area contributed by atoms with E-state index in [1.165, 1.54) is 11.3 Å². The van der Waals surface area contributed by atoms with E-state index in [1.54, 1.807) is 10.8 Å². The zero-order valence-corrected chi connectivity index (χ0v) is 14.2. The van der Waals surface area contributed by atoms with E-state index in [2.05, 4.69) is 0 Å². The molecule has 160 valence electrons. The maximum Gasteiger partial charge on any atom is 0.460 e. The molecule has 1 aromatic rings. The van der Waals surface area contributed by atoms with Crippen LogP contribution in [0.25, 0.3) is 0 Å². The average Bonchev–Trinajstić information content (AvgIpc) is 3.04. The molecule has 1 aliphatic rings. The largest absolute Gasteiger partial charge is 0.485 e. The molecule has 1 atom stereocenters. The second kappa shape index (κ2) is 7.40. The van der Waals surface area contributed by atoms with Crippen LogP contribution in [-0.2, 0) is 0 Å². The van der Waals surface area contributed by atoms with Gasteiger partial charge in [0.1, 0.15) is 6.61 Å². The van der Waals surface area contributed by atoms with Gasteiger partial charge in [-0.25, -0.2) is 4.79 Å². The first-order valence-corrected chi connectivity index (χ1v) is 8.21. The van der Waals surface area contributed by atoms with Crippen molar-refractivity contribution < 1.29 is 53.8 Å². The summed E-state index contributed by atoms with van der Waals surface area (Å²) in [6.07, 6.45) is -7.69. The number of hydrogen-bond donors (Lipinski definition) is 2. The van der Waals surface area contributed by atoms with Crippen molar-refractivity contribution in [3.8, 4) is 11.5 Å². The van der Waals surface area contributed by atoms with Gasteiger partial charge in [0.15, 0.2) is 17.6 Å². The Hall–Kier alpha value is -2.06. The highest BCUT2D eigenvalue weighted by molar-refractivity contribution is 7.08. The molecule has 0 radical (unpaired) electrons. The fraction of sp³-hybridized carbons (Fsp3) is 0.615. The van der Waals surface area contributed by atoms with E-state index in [-0.39, 0.29) is 13.2 Å². The molecule has 0 aliphatic carbocycles. The molecule has 0 saturated carbocycles. The van der Waals surface area contributed by atoms with Gasteiger partial charge in [-0.1, -0.05) is 0 Å². The lowest BCUT2D eigenvalue weighted by atomic mass is 10.0. The molecule has 1 aliphatic heterocycles. The zero-order chi connectivity index (χ0) is 21.4. The van der Waals surface area contributed by atoms with E-state index in [0.29, 0.717) is 11.5 Å². The molecule has 0 spiro atoms. The SMILES string of the molecule is O=C(NCC1COc2cscc2O1)NCC(F)(F)C(F)(F)C(F)(F)C(F)(F)F. The Bertz CT molecular complexity index is 708. The van der Waals surface area contributed by atoms with Crippen molar-refractivity contribution in [1.29, 1.82) is 0 Å². The van der Waals surface area contributed by atoms with E-state index in [9.17, 15) is 44.3 Å². The minimum absolute atomic E-state index is 0.0456. The van der Waals surface area contributed by atoms with Crippen molar-refractivity contribution in [2.75, 3.05) is 19.7 Å². The summed E-state index contributed by atoms with van der Waals surface area (Å²) in [5.74, 6) is -18.9. The van der Waals surface area contributed by atoms with Crippen molar-refractivity contribution in [3.05, 3.63) is 10.8 Å². The Morgan fingerprint density at radius 1 is 1.00 bits per heavy atom. The molecular weight excluding hydrogens is 435 g/mol. The molecule has 0 saturated heterocycles. The van der Waals surface area contributed by atoms with E-state index in [0.717, 1.165) is 5.32 Å². The molecule has 1 unspecified atom stereocenters. The van der Waals surface area contributed by atoms with Gasteiger partial charge < -0.3 is 20.1 Å². The first kappa shape index (κ1) is 22.2. The normalized spacial score (nSPS) is 18.0. The van der Waals surface area contributed by atoms with Gasteiger partial charge in [-0.15, -0.1) is 11.3 Å². The number of urea groups is 1. The Labute approximate surface area is 154 Å². The van der Waals surface area contributed by atoms with E-state index in [4.69, 9.17) is 9.47 Å². The maximum absolute atomic E-state index is 13.3. The Morgan fingerprint density at radius 3 is 2.21 bits per heavy atom. The van der Waals surface area contributed by atoms with Crippen LogP contribution in [0, 0.1) is 0 Å². The molecule has 28 heavy (non-hydrogen) atoms. The van der Waals surface area contributed by atoms with Gasteiger partial charge in [0.2, 0.25) is 0 Å². The van der Waals surface area contributed by atoms with Gasteiger partial charge in [0.05, 0.1) is 13.1 Å². The molecule has 15 heteroatoms. The standard InChI is InChI=1S/C13H11F9N2O3S/c14-10(15,11(16,17)12(18,19)13(20,21)22)5-24-9(25)23-1-6-2-26-7-3-28-4-8(7)27-6/h3-4,6H,1-2,5H2,(H2,23,24,25). The molecule has 2 amide bonds. The molecule has 0 fully saturated rings. The number of hydrogen-bond acceptors (Lipinski definition) is 4. The average molecular weight is 446 g/mol. The Kier molecular flexibility index (Phi) is 5.88. The Balaban J connectivity index is 1.87. The number of carbonyl (C=O) groups is 1. The van der Waals surface area contributed by atoms with Gasteiger partial charge >= 0.3 is 30.0 Å². The van der Waals surface area contributed by atoms with E-state index < -0.39 is 42.6 Å². The Morgan fingerprint density at radius 2 is 1.61 bits per heavy atom. The quantitative estimate of drug-likeness (QED) is 0.656. The van der Waals surface area contributed by atoms with Crippen LogP contribution in [0.5, 0.6) is 11.5 Å². The van der Waals surface area contributed by atoms with Gasteiger partial charge in [0.25, 0.3) is 0 Å². The highest BCUT2D eigenvalue weighted by Crippen LogP contribution is 2.52. The van der Waals surface area contributed by atoms with Crippen molar-refractivity contribution in [1.82, 2.24) is 10.6 Å². The number of nitrogens with one attached hydrogen (secondary N) is 2. The molecule has 1 aromatic heterocycles. The topological polar surface area (TPSA) is 59.6 Å². The first-order valence-electron chi connectivity index (χ1n) is 7.26. The zero-order valence-electron chi connectivity index (χ0n) is 13.4. The number of halogens is 9. The highest BCUT2D eigenvalue weighted by Gasteiger charge is 2.81. The van der Waals surface area contributed by atoms with Crippen LogP contribution in [0.3, 0.4) is 0 Å². The third-order valence-corrected chi connectivity index (χ3v) is 4.18. The second-order valence-corrected chi connectivity index (χ2v) is 6.31. The van der Waals surface area contributed by atoms with Crippen LogP contribution in [0.2, 0.25) is 0 Å². The number of thiophene rings is 1. The number of fused-ring (bicyclic) bond motifs is 1.